The maximum absolute atomic E-state index is 13.3. The van der Waals surface area contributed by atoms with Crippen LogP contribution in [0.15, 0.2) is 60.8 Å². The van der Waals surface area contributed by atoms with Crippen LogP contribution in [0, 0.1) is 12.8 Å². The Morgan fingerprint density at radius 1 is 0.784 bits per heavy atom. The third-order valence-electron chi connectivity index (χ3n) is 10.6. The van der Waals surface area contributed by atoms with E-state index in [2.05, 4.69) is 42.5 Å². The SMILES string of the molecule is Cc1cc(Nc2ccc3nc(N4CCC(CCN5CCN(c6ccc7c(c6)C(=O)N(C6CCC(=O)NC6=O)C7=O)CC5)CC4)ccc3n2)ccn1. The number of hydrogen-bond acceptors (Lipinski definition) is 11. The van der Waals surface area contributed by atoms with Gasteiger partial charge in [0.15, 0.2) is 0 Å². The first kappa shape index (κ1) is 32.8. The van der Waals surface area contributed by atoms with Crippen LogP contribution in [0.2, 0.25) is 0 Å². The number of aryl methyl sites for hydroxylation is 1. The lowest BCUT2D eigenvalue weighted by Gasteiger charge is -2.38. The van der Waals surface area contributed by atoms with Crippen LogP contribution in [0.1, 0.15) is 58.5 Å². The summed E-state index contributed by atoms with van der Waals surface area (Å²) in [4.78, 5) is 72.5. The summed E-state index contributed by atoms with van der Waals surface area (Å²) in [6.07, 6.45) is 5.49. The van der Waals surface area contributed by atoms with Crippen LogP contribution in [-0.2, 0) is 9.59 Å². The first-order chi connectivity index (χ1) is 24.8. The van der Waals surface area contributed by atoms with Gasteiger partial charge >= 0.3 is 0 Å². The number of nitrogens with one attached hydrogen (secondary N) is 2. The normalized spacial score (nSPS) is 20.3. The van der Waals surface area contributed by atoms with Gasteiger partial charge in [0, 0.05) is 69.0 Å². The van der Waals surface area contributed by atoms with Crippen LogP contribution < -0.4 is 20.4 Å². The molecule has 2 N–H and O–H groups in total. The molecular weight excluding hydrogens is 646 g/mol. The molecule has 0 aliphatic carbocycles. The molecule has 262 valence electrons. The van der Waals surface area contributed by atoms with Gasteiger partial charge in [0.1, 0.15) is 17.7 Å². The first-order valence-corrected chi connectivity index (χ1v) is 17.8. The molecule has 3 saturated heterocycles. The predicted molar refractivity (Wildman–Crippen MR) is 193 cm³/mol. The van der Waals surface area contributed by atoms with E-state index in [1.807, 2.05) is 37.3 Å². The molecule has 4 aliphatic heterocycles. The van der Waals surface area contributed by atoms with Crippen molar-refractivity contribution in [2.75, 3.05) is 60.9 Å². The quantitative estimate of drug-likeness (QED) is 0.260. The van der Waals surface area contributed by atoms with Crippen molar-refractivity contribution in [1.82, 2.24) is 30.1 Å². The third-order valence-corrected chi connectivity index (χ3v) is 10.6. The molecule has 1 atom stereocenters. The molecule has 0 saturated carbocycles. The molecule has 0 bridgehead atoms. The number of amides is 4. The van der Waals surface area contributed by atoms with Gasteiger partial charge in [-0.3, -0.25) is 39.3 Å². The summed E-state index contributed by atoms with van der Waals surface area (Å²) in [6.45, 7) is 8.54. The monoisotopic (exact) mass is 687 g/mol. The highest BCUT2D eigenvalue weighted by Crippen LogP contribution is 2.32. The number of fused-ring (bicyclic) bond motifs is 2. The van der Waals surface area contributed by atoms with E-state index in [0.29, 0.717) is 17.0 Å². The summed E-state index contributed by atoms with van der Waals surface area (Å²) in [5.74, 6) is 0.545. The van der Waals surface area contributed by atoms with Gasteiger partial charge in [-0.05, 0) is 99.7 Å². The van der Waals surface area contributed by atoms with Gasteiger partial charge in [-0.2, -0.15) is 0 Å². The van der Waals surface area contributed by atoms with Crippen LogP contribution in [0.4, 0.5) is 23.0 Å². The number of anilines is 4. The molecule has 13 heteroatoms. The number of carbonyl (C=O) groups excluding carboxylic acids is 4. The second-order valence-electron chi connectivity index (χ2n) is 13.9. The van der Waals surface area contributed by atoms with E-state index in [9.17, 15) is 19.2 Å². The molecule has 51 heavy (non-hydrogen) atoms. The topological polar surface area (TPSA) is 144 Å². The van der Waals surface area contributed by atoms with Gasteiger partial charge in [0.2, 0.25) is 11.8 Å². The number of piperazine rings is 1. The van der Waals surface area contributed by atoms with Gasteiger partial charge in [0.05, 0.1) is 22.2 Å². The summed E-state index contributed by atoms with van der Waals surface area (Å²) in [6, 6.07) is 16.5. The number of hydrogen-bond donors (Lipinski definition) is 2. The van der Waals surface area contributed by atoms with E-state index >= 15 is 0 Å². The van der Waals surface area contributed by atoms with E-state index in [1.165, 1.54) is 6.42 Å². The fourth-order valence-electron chi connectivity index (χ4n) is 7.72. The highest BCUT2D eigenvalue weighted by Gasteiger charge is 2.44. The van der Waals surface area contributed by atoms with E-state index in [-0.39, 0.29) is 18.7 Å². The van der Waals surface area contributed by atoms with Crippen molar-refractivity contribution < 1.29 is 19.2 Å². The summed E-state index contributed by atoms with van der Waals surface area (Å²) >= 11 is 0. The van der Waals surface area contributed by atoms with Gasteiger partial charge in [-0.1, -0.05) is 0 Å². The number of carbonyl (C=O) groups is 4. The number of piperidine rings is 2. The average Bonchev–Trinajstić information content (AvgIpc) is 3.39. The highest BCUT2D eigenvalue weighted by molar-refractivity contribution is 6.23. The van der Waals surface area contributed by atoms with Gasteiger partial charge < -0.3 is 15.1 Å². The Bertz CT molecular complexity index is 2020. The number of nitrogens with zero attached hydrogens (tertiary/aromatic N) is 7. The Morgan fingerprint density at radius 3 is 2.33 bits per heavy atom. The second-order valence-corrected chi connectivity index (χ2v) is 13.9. The smallest absolute Gasteiger partial charge is 0.262 e. The highest BCUT2D eigenvalue weighted by atomic mass is 16.2. The molecule has 3 fully saturated rings. The molecule has 1 unspecified atom stereocenters. The Kier molecular flexibility index (Phi) is 8.80. The fraction of sp³-hybridized carbons (Fsp3) is 0.395. The van der Waals surface area contributed by atoms with E-state index < -0.39 is 23.8 Å². The van der Waals surface area contributed by atoms with Crippen LogP contribution in [0.3, 0.4) is 0 Å². The zero-order valence-electron chi connectivity index (χ0n) is 28.7. The average molecular weight is 688 g/mol. The summed E-state index contributed by atoms with van der Waals surface area (Å²) in [5, 5.41) is 5.60. The fourth-order valence-corrected chi connectivity index (χ4v) is 7.72. The minimum Gasteiger partial charge on any atom is -0.369 e. The molecule has 4 aliphatic rings. The van der Waals surface area contributed by atoms with Crippen LogP contribution in [-0.4, -0.2) is 100 Å². The lowest BCUT2D eigenvalue weighted by atomic mass is 9.93. The predicted octanol–water partition coefficient (Wildman–Crippen LogP) is 3.91. The Morgan fingerprint density at radius 2 is 1.55 bits per heavy atom. The van der Waals surface area contributed by atoms with Crippen molar-refractivity contribution >= 4 is 57.7 Å². The molecule has 3 aromatic heterocycles. The van der Waals surface area contributed by atoms with Crippen molar-refractivity contribution in [2.24, 2.45) is 5.92 Å². The maximum atomic E-state index is 13.3. The van der Waals surface area contributed by atoms with E-state index in [0.717, 1.165) is 103 Å². The molecule has 13 nitrogen and oxygen atoms in total. The standard InChI is InChI=1S/C38H41N9O4/c1-24-22-26(10-14-39-24)40-33-7-4-31-30(41-33)5-8-34(42-31)46-16-12-25(13-17-46)11-15-44-18-20-45(21-19-44)27-2-3-28-29(23-27)38(51)47(37(28)50)32-6-9-35(48)43-36(32)49/h2-5,7-8,10,14,22-23,25,32H,6,9,11-13,15-21H2,1H3,(H,39,40,41)(H,43,48,49). The first-order valence-electron chi connectivity index (χ1n) is 17.8. The van der Waals surface area contributed by atoms with Crippen molar-refractivity contribution in [2.45, 2.75) is 45.1 Å². The van der Waals surface area contributed by atoms with Gasteiger partial charge in [-0.15, -0.1) is 0 Å². The lowest BCUT2D eigenvalue weighted by Crippen LogP contribution is -2.54. The van der Waals surface area contributed by atoms with Gasteiger partial charge in [-0.25, -0.2) is 9.97 Å². The minimum absolute atomic E-state index is 0.105. The maximum Gasteiger partial charge on any atom is 0.262 e. The molecule has 0 spiro atoms. The largest absolute Gasteiger partial charge is 0.369 e. The Labute approximate surface area is 296 Å². The lowest BCUT2D eigenvalue weighted by molar-refractivity contribution is -0.136. The minimum atomic E-state index is -0.956. The number of pyridine rings is 3. The Hall–Kier alpha value is -5.43. The molecule has 8 rings (SSSR count). The summed E-state index contributed by atoms with van der Waals surface area (Å²) in [5.41, 5.74) is 5.20. The van der Waals surface area contributed by atoms with Crippen LogP contribution in [0.5, 0.6) is 0 Å². The number of benzene rings is 1. The van der Waals surface area contributed by atoms with E-state index in [1.54, 1.807) is 18.3 Å². The van der Waals surface area contributed by atoms with Crippen molar-refractivity contribution in [3.63, 3.8) is 0 Å². The Balaban J connectivity index is 0.800. The summed E-state index contributed by atoms with van der Waals surface area (Å²) in [7, 11) is 0. The molecule has 1 aromatic carbocycles. The van der Waals surface area contributed by atoms with Crippen LogP contribution in [0.25, 0.3) is 11.0 Å². The molecular formula is C38H41N9O4. The molecule has 4 aromatic rings. The third kappa shape index (κ3) is 6.73. The van der Waals surface area contributed by atoms with E-state index in [4.69, 9.17) is 9.97 Å². The number of imide groups is 2. The molecule has 7 heterocycles. The zero-order chi connectivity index (χ0) is 35.1. The van der Waals surface area contributed by atoms with Crippen LogP contribution >= 0.6 is 0 Å². The molecule has 0 radical (unpaired) electrons. The number of rotatable bonds is 8. The van der Waals surface area contributed by atoms with Crippen molar-refractivity contribution in [3.05, 3.63) is 77.6 Å². The van der Waals surface area contributed by atoms with Crippen molar-refractivity contribution in [3.8, 4) is 0 Å². The zero-order valence-corrected chi connectivity index (χ0v) is 28.7. The second kappa shape index (κ2) is 13.7. The molecule has 4 amide bonds. The van der Waals surface area contributed by atoms with Gasteiger partial charge in [0.25, 0.3) is 11.8 Å². The number of aromatic nitrogens is 3. The van der Waals surface area contributed by atoms with Crippen molar-refractivity contribution in [1.29, 1.82) is 0 Å². The summed E-state index contributed by atoms with van der Waals surface area (Å²) < 4.78 is 0.